The molecule has 0 aromatic heterocycles. The van der Waals surface area contributed by atoms with Crippen molar-refractivity contribution in [2.45, 2.75) is 30.7 Å². The number of imide groups is 1. The largest absolute Gasteiger partial charge is 0.547 e. The van der Waals surface area contributed by atoms with Gasteiger partial charge in [0.25, 0.3) is 5.91 Å². The van der Waals surface area contributed by atoms with Crippen LogP contribution in [-0.4, -0.2) is 65.2 Å². The topological polar surface area (TPSA) is 151 Å². The maximum atomic E-state index is 12.9. The number of carbonyl (C=O) groups is 3. The zero-order chi connectivity index (χ0) is 20.2. The highest BCUT2D eigenvalue weighted by Crippen LogP contribution is 2.44. The van der Waals surface area contributed by atoms with Crippen LogP contribution < -0.4 is 20.4 Å². The third-order valence-corrected chi connectivity index (χ3v) is 5.76. The fraction of sp³-hybridized carbons (Fsp3) is 0.471. The van der Waals surface area contributed by atoms with E-state index in [0.717, 1.165) is 4.90 Å². The first-order valence-corrected chi connectivity index (χ1v) is 8.95. The number of benzene rings is 1. The lowest BCUT2D eigenvalue weighted by atomic mass is 9.67. The molecule has 148 valence electrons. The average Bonchev–Trinajstić information content (AvgIpc) is 2.89. The maximum Gasteiger partial charge on any atom is 0.547 e. The lowest BCUT2D eigenvalue weighted by Crippen LogP contribution is -2.60. The molecule has 2 fully saturated rings. The third kappa shape index (κ3) is 2.54. The molecule has 0 bridgehead atoms. The van der Waals surface area contributed by atoms with Gasteiger partial charge in [-0.25, -0.2) is 9.59 Å². The maximum absolute atomic E-state index is 12.9. The van der Waals surface area contributed by atoms with Crippen molar-refractivity contribution >= 4 is 25.0 Å². The molecule has 1 spiro atoms. The summed E-state index contributed by atoms with van der Waals surface area (Å²) < 4.78 is 10.5. The number of aromatic carboxylic acids is 1. The van der Waals surface area contributed by atoms with Crippen molar-refractivity contribution in [2.75, 3.05) is 13.7 Å². The third-order valence-electron chi connectivity index (χ3n) is 5.76. The van der Waals surface area contributed by atoms with Gasteiger partial charge < -0.3 is 30.6 Å². The van der Waals surface area contributed by atoms with Crippen LogP contribution in [0.2, 0.25) is 0 Å². The van der Waals surface area contributed by atoms with Gasteiger partial charge in [-0.2, -0.15) is 0 Å². The summed E-state index contributed by atoms with van der Waals surface area (Å²) in [4.78, 5) is 38.0. The smallest absolute Gasteiger partial charge is 0.534 e. The van der Waals surface area contributed by atoms with Crippen molar-refractivity contribution < 1.29 is 33.9 Å². The number of fused-ring (bicyclic) bond motifs is 1. The Bertz CT molecular complexity index is 871. The van der Waals surface area contributed by atoms with E-state index in [2.05, 4.69) is 5.32 Å². The number of hydrogen-bond donors (Lipinski definition) is 4. The molecule has 4 rings (SSSR count). The Balaban J connectivity index is 1.64. The van der Waals surface area contributed by atoms with Crippen LogP contribution in [0.25, 0.3) is 0 Å². The molecular weight excluding hydrogens is 369 g/mol. The van der Waals surface area contributed by atoms with Crippen molar-refractivity contribution in [3.63, 3.8) is 0 Å². The molecule has 3 amide bonds. The molecule has 10 nitrogen and oxygen atoms in total. The fourth-order valence-electron chi connectivity index (χ4n) is 4.33. The number of carbonyl (C=O) groups excluding carboxylic acids is 2. The number of urea groups is 1. The lowest BCUT2D eigenvalue weighted by molar-refractivity contribution is -0.136. The molecule has 28 heavy (non-hydrogen) atoms. The van der Waals surface area contributed by atoms with Gasteiger partial charge in [-0.05, 0) is 43.4 Å². The first-order valence-electron chi connectivity index (χ1n) is 8.95. The lowest BCUT2D eigenvalue weighted by Gasteiger charge is -2.42. The number of nitrogens with two attached hydrogens (primary N) is 1. The van der Waals surface area contributed by atoms with E-state index in [1.54, 1.807) is 6.07 Å². The Hall–Kier alpha value is -2.79. The number of nitrogens with zero attached hydrogens (tertiary/aromatic N) is 1. The Kier molecular flexibility index (Phi) is 4.23. The second-order valence-electron chi connectivity index (χ2n) is 7.41. The molecular formula is C17H20BN3O7. The number of carboxylic acid groups (broad SMARTS) is 1. The van der Waals surface area contributed by atoms with Crippen molar-refractivity contribution in [3.8, 4) is 11.5 Å². The van der Waals surface area contributed by atoms with E-state index in [1.165, 1.54) is 13.2 Å². The number of carboxylic acids is 1. The van der Waals surface area contributed by atoms with Crippen LogP contribution in [0.1, 0.15) is 28.8 Å². The van der Waals surface area contributed by atoms with Crippen LogP contribution in [-0.2, 0) is 11.2 Å². The Morgan fingerprint density at radius 1 is 1.46 bits per heavy atom. The van der Waals surface area contributed by atoms with Gasteiger partial charge in [0.2, 0.25) is 0 Å². The molecule has 11 heteroatoms. The second-order valence-corrected chi connectivity index (χ2v) is 7.41. The molecule has 5 N–H and O–H groups in total. The Labute approximate surface area is 160 Å². The molecule has 1 aromatic carbocycles. The normalized spacial score (nSPS) is 28.5. The molecule has 1 aromatic rings. The summed E-state index contributed by atoms with van der Waals surface area (Å²) in [5, 5.41) is 22.7. The van der Waals surface area contributed by atoms with E-state index >= 15 is 0 Å². The minimum absolute atomic E-state index is 0.0239. The van der Waals surface area contributed by atoms with Gasteiger partial charge in [0.05, 0.1) is 13.1 Å². The summed E-state index contributed by atoms with van der Waals surface area (Å²) in [6, 6.07) is 2.48. The van der Waals surface area contributed by atoms with E-state index < -0.39 is 36.5 Å². The molecule has 1 saturated carbocycles. The van der Waals surface area contributed by atoms with Crippen molar-refractivity contribution in [1.82, 2.24) is 10.2 Å². The molecule has 1 saturated heterocycles. The first-order chi connectivity index (χ1) is 13.3. The Morgan fingerprint density at radius 3 is 2.79 bits per heavy atom. The standard InChI is InChI=1S/C17H20BN3O7/c1-27-10-3-2-9-4-11(18(26)28-13(9)12(10)14(22)23)21-15(24)17(20-16(21)25)5-8(6-17)7-19/h2-3,8,11,26H,4-7,19H2,1H3,(H,20,25)(H,22,23)/t8?,11-,17?/m0/s1. The first kappa shape index (κ1) is 18.6. The molecule has 0 unspecified atom stereocenters. The minimum Gasteiger partial charge on any atom is -0.534 e. The molecule has 3 aliphatic rings. The number of ether oxygens (including phenoxy) is 1. The molecule has 0 radical (unpaired) electrons. The van der Waals surface area contributed by atoms with E-state index in [4.69, 9.17) is 15.1 Å². The molecule has 1 atom stereocenters. The Morgan fingerprint density at radius 2 is 2.18 bits per heavy atom. The van der Waals surface area contributed by atoms with Gasteiger partial charge in [0, 0.05) is 0 Å². The van der Waals surface area contributed by atoms with Gasteiger partial charge in [-0.3, -0.25) is 9.69 Å². The van der Waals surface area contributed by atoms with Crippen molar-refractivity contribution in [2.24, 2.45) is 11.7 Å². The van der Waals surface area contributed by atoms with E-state index in [0.29, 0.717) is 24.9 Å². The minimum atomic E-state index is -1.56. The van der Waals surface area contributed by atoms with Crippen LogP contribution in [0, 0.1) is 5.92 Å². The van der Waals surface area contributed by atoms with E-state index in [9.17, 15) is 24.5 Å². The predicted octanol–water partition coefficient (Wildman–Crippen LogP) is -0.624. The highest BCUT2D eigenvalue weighted by Gasteiger charge is 2.61. The summed E-state index contributed by atoms with van der Waals surface area (Å²) >= 11 is 0. The number of methoxy groups -OCH3 is 1. The highest BCUT2D eigenvalue weighted by atomic mass is 16.5. The van der Waals surface area contributed by atoms with Crippen LogP contribution in [0.3, 0.4) is 0 Å². The van der Waals surface area contributed by atoms with Gasteiger partial charge in [0.1, 0.15) is 22.6 Å². The summed E-state index contributed by atoms with van der Waals surface area (Å²) in [5.41, 5.74) is 4.91. The number of rotatable bonds is 4. The SMILES string of the molecule is COc1ccc2c(c1C(=O)O)OB(O)[C@@H](N1C(=O)NC3(CC(CN)C3)C1=O)C2. The van der Waals surface area contributed by atoms with Gasteiger partial charge in [-0.1, -0.05) is 6.07 Å². The van der Waals surface area contributed by atoms with Crippen LogP contribution in [0.4, 0.5) is 4.79 Å². The number of nitrogens with one attached hydrogen (secondary N) is 1. The van der Waals surface area contributed by atoms with Crippen molar-refractivity contribution in [1.29, 1.82) is 0 Å². The summed E-state index contributed by atoms with van der Waals surface area (Å²) in [6.07, 6.45) is 0.993. The van der Waals surface area contributed by atoms with Crippen LogP contribution >= 0.6 is 0 Å². The summed E-state index contributed by atoms with van der Waals surface area (Å²) in [5.74, 6) is -2.41. The monoisotopic (exact) mass is 389 g/mol. The highest BCUT2D eigenvalue weighted by molar-refractivity contribution is 6.47. The van der Waals surface area contributed by atoms with Gasteiger partial charge in [-0.15, -0.1) is 0 Å². The van der Waals surface area contributed by atoms with Gasteiger partial charge in [0.15, 0.2) is 0 Å². The zero-order valence-corrected chi connectivity index (χ0v) is 15.2. The molecule has 2 heterocycles. The fourth-order valence-corrected chi connectivity index (χ4v) is 4.33. The number of hydrogen-bond acceptors (Lipinski definition) is 7. The predicted molar refractivity (Wildman–Crippen MR) is 95.9 cm³/mol. The molecule has 2 aliphatic heterocycles. The van der Waals surface area contributed by atoms with Gasteiger partial charge >= 0.3 is 19.1 Å². The van der Waals surface area contributed by atoms with E-state index in [-0.39, 0.29) is 29.4 Å². The quantitative estimate of drug-likeness (QED) is 0.393. The summed E-state index contributed by atoms with van der Waals surface area (Å²) in [6.45, 7) is 0.438. The van der Waals surface area contributed by atoms with Crippen molar-refractivity contribution in [3.05, 3.63) is 23.3 Å². The molecule has 1 aliphatic carbocycles. The second kappa shape index (κ2) is 6.38. The average molecular weight is 389 g/mol. The van der Waals surface area contributed by atoms with Crippen LogP contribution in [0.5, 0.6) is 11.5 Å². The van der Waals surface area contributed by atoms with Crippen LogP contribution in [0.15, 0.2) is 12.1 Å². The number of amides is 3. The summed E-state index contributed by atoms with van der Waals surface area (Å²) in [7, 11) is -0.233. The van der Waals surface area contributed by atoms with E-state index in [1.807, 2.05) is 0 Å². The zero-order valence-electron chi connectivity index (χ0n) is 15.2.